The number of H-pyrrole nitrogens is 1. The molecule has 26 heavy (non-hydrogen) atoms. The Morgan fingerprint density at radius 3 is 3.04 bits per heavy atom. The van der Waals surface area contributed by atoms with E-state index in [-0.39, 0.29) is 11.8 Å². The molecule has 3 heterocycles. The van der Waals surface area contributed by atoms with Gasteiger partial charge in [0.05, 0.1) is 12.7 Å². The van der Waals surface area contributed by atoms with Gasteiger partial charge in [-0.3, -0.25) is 9.78 Å². The molecule has 1 aliphatic heterocycles. The van der Waals surface area contributed by atoms with Crippen molar-refractivity contribution >= 4 is 28.4 Å². The zero-order valence-corrected chi connectivity index (χ0v) is 15.3. The molecular weight excluding hydrogens is 350 g/mol. The van der Waals surface area contributed by atoms with Crippen LogP contribution >= 0.6 is 11.6 Å². The van der Waals surface area contributed by atoms with Gasteiger partial charge in [0.15, 0.2) is 0 Å². The third kappa shape index (κ3) is 3.15. The van der Waals surface area contributed by atoms with E-state index in [9.17, 15) is 4.79 Å². The summed E-state index contributed by atoms with van der Waals surface area (Å²) in [5, 5.41) is 1.63. The zero-order chi connectivity index (χ0) is 18.1. The number of methoxy groups -OCH3 is 1. The number of aromatic nitrogens is 2. The number of nitrogens with one attached hydrogen (secondary N) is 1. The third-order valence-corrected chi connectivity index (χ3v) is 5.22. The number of hydrogen-bond acceptors (Lipinski definition) is 3. The highest BCUT2D eigenvalue weighted by atomic mass is 35.5. The first-order valence-electron chi connectivity index (χ1n) is 8.71. The van der Waals surface area contributed by atoms with Crippen molar-refractivity contribution in [2.75, 3.05) is 20.2 Å². The highest BCUT2D eigenvalue weighted by molar-refractivity contribution is 6.31. The molecule has 1 amide bonds. The molecule has 1 fully saturated rings. The van der Waals surface area contributed by atoms with E-state index < -0.39 is 0 Å². The predicted octanol–water partition coefficient (Wildman–Crippen LogP) is 4.24. The van der Waals surface area contributed by atoms with E-state index in [4.69, 9.17) is 16.3 Å². The first-order valence-corrected chi connectivity index (χ1v) is 9.09. The maximum Gasteiger partial charge on any atom is 0.257 e. The smallest absolute Gasteiger partial charge is 0.257 e. The number of aromatic amines is 1. The zero-order valence-electron chi connectivity index (χ0n) is 14.5. The lowest BCUT2D eigenvalue weighted by molar-refractivity contribution is 0.0702. The maximum atomic E-state index is 13.0. The normalized spacial score (nSPS) is 17.5. The number of amides is 1. The van der Waals surface area contributed by atoms with E-state index in [1.807, 2.05) is 17.2 Å². The lowest BCUT2D eigenvalue weighted by atomic mass is 9.94. The number of carbonyl (C=O) groups excluding carboxylic acids is 1. The average molecular weight is 370 g/mol. The Kier molecular flexibility index (Phi) is 4.55. The minimum absolute atomic E-state index is 0.0353. The minimum atomic E-state index is -0.0353. The number of halogens is 1. The molecule has 134 valence electrons. The third-order valence-electron chi connectivity index (χ3n) is 4.98. The first kappa shape index (κ1) is 16.9. The number of rotatable bonds is 3. The van der Waals surface area contributed by atoms with E-state index in [1.54, 1.807) is 31.5 Å². The van der Waals surface area contributed by atoms with Crippen molar-refractivity contribution in [2.45, 2.75) is 18.8 Å². The van der Waals surface area contributed by atoms with Crippen LogP contribution in [0.4, 0.5) is 0 Å². The van der Waals surface area contributed by atoms with Crippen LogP contribution in [0.5, 0.6) is 5.75 Å². The van der Waals surface area contributed by atoms with Crippen LogP contribution in [0.3, 0.4) is 0 Å². The summed E-state index contributed by atoms with van der Waals surface area (Å²) in [6.45, 7) is 1.42. The van der Waals surface area contributed by atoms with Gasteiger partial charge in [0.2, 0.25) is 0 Å². The lowest BCUT2D eigenvalue weighted by Crippen LogP contribution is -2.39. The molecule has 0 spiro atoms. The van der Waals surface area contributed by atoms with Crippen molar-refractivity contribution in [3.63, 3.8) is 0 Å². The molecule has 1 aliphatic rings. The summed E-state index contributed by atoms with van der Waals surface area (Å²) in [6, 6.07) is 9.26. The number of ether oxygens (including phenoxy) is 1. The molecular formula is C20H20ClN3O2. The van der Waals surface area contributed by atoms with Gasteiger partial charge in [-0.2, -0.15) is 0 Å². The molecule has 0 radical (unpaired) electrons. The van der Waals surface area contributed by atoms with Crippen molar-refractivity contribution in [3.8, 4) is 5.75 Å². The standard InChI is InChI=1S/C20H20ClN3O2/c1-26-19-5-4-15(21)10-16(19)20(25)24-8-2-3-13(12-24)18-9-14-11-22-7-6-17(14)23-18/h4-7,9-11,13,23H,2-3,8,12H2,1H3/t13-/m1/s1. The topological polar surface area (TPSA) is 58.2 Å². The SMILES string of the molecule is COc1ccc(Cl)cc1C(=O)N1CCC[C@@H](c2cc3cnccc3[nH]2)C1. The van der Waals surface area contributed by atoms with Crippen molar-refractivity contribution in [1.29, 1.82) is 0 Å². The second-order valence-corrected chi connectivity index (χ2v) is 7.06. The number of nitrogens with zero attached hydrogens (tertiary/aromatic N) is 2. The summed E-state index contributed by atoms with van der Waals surface area (Å²) in [5.74, 6) is 0.801. The van der Waals surface area contributed by atoms with E-state index in [2.05, 4.69) is 16.0 Å². The Bertz CT molecular complexity index is 920. The van der Waals surface area contributed by atoms with Gasteiger partial charge in [0.1, 0.15) is 5.75 Å². The highest BCUT2D eigenvalue weighted by Gasteiger charge is 2.28. The van der Waals surface area contributed by atoms with Gasteiger partial charge >= 0.3 is 0 Å². The molecule has 0 saturated carbocycles. The number of carbonyl (C=O) groups is 1. The molecule has 4 rings (SSSR count). The van der Waals surface area contributed by atoms with Crippen molar-refractivity contribution in [1.82, 2.24) is 14.9 Å². The maximum absolute atomic E-state index is 13.0. The van der Waals surface area contributed by atoms with Gasteiger partial charge in [-0.1, -0.05) is 11.6 Å². The molecule has 1 atom stereocenters. The Balaban J connectivity index is 1.58. The second-order valence-electron chi connectivity index (χ2n) is 6.62. The van der Waals surface area contributed by atoms with Crippen LogP contribution < -0.4 is 4.74 Å². The van der Waals surface area contributed by atoms with Gasteiger partial charge < -0.3 is 14.6 Å². The Hall–Kier alpha value is -2.53. The van der Waals surface area contributed by atoms with Gasteiger partial charge in [0.25, 0.3) is 5.91 Å². The monoisotopic (exact) mass is 369 g/mol. The molecule has 1 saturated heterocycles. The number of benzene rings is 1. The highest BCUT2D eigenvalue weighted by Crippen LogP contribution is 2.31. The number of piperidine rings is 1. The summed E-state index contributed by atoms with van der Waals surface area (Å²) in [5.41, 5.74) is 2.75. The largest absolute Gasteiger partial charge is 0.496 e. The number of hydrogen-bond donors (Lipinski definition) is 1. The van der Waals surface area contributed by atoms with Crippen LogP contribution in [-0.4, -0.2) is 41.0 Å². The van der Waals surface area contributed by atoms with E-state index >= 15 is 0 Å². The van der Waals surface area contributed by atoms with Crippen LogP contribution in [0.2, 0.25) is 5.02 Å². The fourth-order valence-corrected chi connectivity index (χ4v) is 3.82. The van der Waals surface area contributed by atoms with Gasteiger partial charge in [-0.25, -0.2) is 0 Å². The molecule has 6 heteroatoms. The Morgan fingerprint density at radius 1 is 1.35 bits per heavy atom. The molecule has 5 nitrogen and oxygen atoms in total. The summed E-state index contributed by atoms with van der Waals surface area (Å²) >= 11 is 6.09. The van der Waals surface area contributed by atoms with E-state index in [0.717, 1.165) is 36.0 Å². The fourth-order valence-electron chi connectivity index (χ4n) is 3.65. The van der Waals surface area contributed by atoms with Crippen LogP contribution in [-0.2, 0) is 0 Å². The van der Waals surface area contributed by atoms with Gasteiger partial charge in [0, 0.05) is 53.0 Å². The predicted molar refractivity (Wildman–Crippen MR) is 102 cm³/mol. The number of likely N-dealkylation sites (tertiary alicyclic amines) is 1. The van der Waals surface area contributed by atoms with Crippen molar-refractivity contribution in [3.05, 3.63) is 59.0 Å². The van der Waals surface area contributed by atoms with Crippen LogP contribution in [0.25, 0.3) is 10.9 Å². The van der Waals surface area contributed by atoms with Crippen LogP contribution in [0.1, 0.15) is 34.8 Å². The summed E-state index contributed by atoms with van der Waals surface area (Å²) in [7, 11) is 1.57. The Labute approximate surface area is 156 Å². The van der Waals surface area contributed by atoms with Crippen LogP contribution in [0, 0.1) is 0 Å². The molecule has 0 unspecified atom stereocenters. The number of fused-ring (bicyclic) bond motifs is 1. The van der Waals surface area contributed by atoms with E-state index in [1.165, 1.54) is 0 Å². The van der Waals surface area contributed by atoms with Crippen LogP contribution in [0.15, 0.2) is 42.7 Å². The molecule has 1 aromatic carbocycles. The second kappa shape index (κ2) is 7.00. The summed E-state index contributed by atoms with van der Waals surface area (Å²) in [4.78, 5) is 22.6. The first-order chi connectivity index (χ1) is 12.7. The van der Waals surface area contributed by atoms with Crippen molar-refractivity contribution in [2.24, 2.45) is 0 Å². The molecule has 0 bridgehead atoms. The number of pyridine rings is 1. The lowest BCUT2D eigenvalue weighted by Gasteiger charge is -2.32. The average Bonchev–Trinajstić information content (AvgIpc) is 3.12. The van der Waals surface area contributed by atoms with E-state index in [0.29, 0.717) is 22.9 Å². The molecule has 3 aromatic rings. The minimum Gasteiger partial charge on any atom is -0.496 e. The molecule has 1 N–H and O–H groups in total. The quantitative estimate of drug-likeness (QED) is 0.751. The molecule has 0 aliphatic carbocycles. The molecule has 2 aromatic heterocycles. The van der Waals surface area contributed by atoms with Gasteiger partial charge in [-0.05, 0) is 43.2 Å². The van der Waals surface area contributed by atoms with Crippen molar-refractivity contribution < 1.29 is 9.53 Å². The fraction of sp³-hybridized carbons (Fsp3) is 0.300. The Morgan fingerprint density at radius 2 is 2.23 bits per heavy atom. The summed E-state index contributed by atoms with van der Waals surface area (Å²) in [6.07, 6.45) is 5.66. The van der Waals surface area contributed by atoms with Gasteiger partial charge in [-0.15, -0.1) is 0 Å². The summed E-state index contributed by atoms with van der Waals surface area (Å²) < 4.78 is 5.34.